The van der Waals surface area contributed by atoms with E-state index < -0.39 is 16.1 Å². The molecule has 0 aliphatic rings. The molecule has 0 bridgehead atoms. The molecule has 1 atom stereocenters. The first kappa shape index (κ1) is 30.7. The number of amides is 2. The molecular formula is C26H35Cl2N3O5S. The van der Waals surface area contributed by atoms with E-state index in [4.69, 9.17) is 27.9 Å². The summed E-state index contributed by atoms with van der Waals surface area (Å²) < 4.78 is 31.3. The van der Waals surface area contributed by atoms with Crippen molar-refractivity contribution < 1.29 is 22.7 Å². The number of hydrogen-bond donors (Lipinski definition) is 1. The topological polar surface area (TPSA) is 96.0 Å². The van der Waals surface area contributed by atoms with Crippen molar-refractivity contribution in [1.82, 2.24) is 10.2 Å². The average molecular weight is 573 g/mol. The number of halogens is 2. The van der Waals surface area contributed by atoms with Crippen LogP contribution in [0.5, 0.6) is 5.75 Å². The first-order valence-corrected chi connectivity index (χ1v) is 14.7. The molecule has 0 aliphatic heterocycles. The van der Waals surface area contributed by atoms with E-state index in [-0.39, 0.29) is 42.8 Å². The molecule has 2 rings (SSSR count). The lowest BCUT2D eigenvalue weighted by Crippen LogP contribution is -2.48. The third kappa shape index (κ3) is 9.09. The van der Waals surface area contributed by atoms with E-state index in [1.807, 2.05) is 19.1 Å². The quantitative estimate of drug-likeness (QED) is 0.326. The Hall–Kier alpha value is -2.49. The Labute approximate surface area is 229 Å². The summed E-state index contributed by atoms with van der Waals surface area (Å²) >= 11 is 12.5. The molecule has 37 heavy (non-hydrogen) atoms. The predicted molar refractivity (Wildman–Crippen MR) is 149 cm³/mol. The van der Waals surface area contributed by atoms with Crippen LogP contribution in [0.1, 0.15) is 45.1 Å². The van der Waals surface area contributed by atoms with Gasteiger partial charge in [-0.15, -0.1) is 0 Å². The maximum absolute atomic E-state index is 13.3. The van der Waals surface area contributed by atoms with Gasteiger partial charge in [0.1, 0.15) is 11.8 Å². The van der Waals surface area contributed by atoms with Crippen molar-refractivity contribution in [2.24, 2.45) is 0 Å². The number of hydrogen-bond acceptors (Lipinski definition) is 5. The standard InChI is InChI=1S/C26H35Cl2N3O5S/c1-5-6-15-29-26(33)19(2)30(18-20-10-7-8-11-22(20)27)25(32)12-9-16-31(37(4,34)35)21-13-14-24(36-3)23(28)17-21/h7-8,10-11,13-14,17,19H,5-6,9,12,15-16,18H2,1-4H3,(H,29,33)/t19-/m1/s1. The van der Waals surface area contributed by atoms with Gasteiger partial charge in [-0.05, 0) is 49.6 Å². The van der Waals surface area contributed by atoms with E-state index in [0.29, 0.717) is 23.0 Å². The van der Waals surface area contributed by atoms with E-state index in [1.54, 1.807) is 31.2 Å². The molecule has 2 aromatic rings. The number of carbonyl (C=O) groups excluding carboxylic acids is 2. The van der Waals surface area contributed by atoms with Crippen LogP contribution < -0.4 is 14.4 Å². The molecular weight excluding hydrogens is 537 g/mol. The number of benzene rings is 2. The Morgan fingerprint density at radius 2 is 1.78 bits per heavy atom. The summed E-state index contributed by atoms with van der Waals surface area (Å²) in [6.07, 6.45) is 3.14. The third-order valence-electron chi connectivity index (χ3n) is 5.87. The first-order valence-electron chi connectivity index (χ1n) is 12.1. The minimum atomic E-state index is -3.64. The molecule has 2 amide bonds. The van der Waals surface area contributed by atoms with E-state index >= 15 is 0 Å². The molecule has 0 fully saturated rings. The number of anilines is 1. The summed E-state index contributed by atoms with van der Waals surface area (Å²) in [4.78, 5) is 27.6. The van der Waals surface area contributed by atoms with Gasteiger partial charge in [0.05, 0.1) is 24.1 Å². The highest BCUT2D eigenvalue weighted by Crippen LogP contribution is 2.30. The summed E-state index contributed by atoms with van der Waals surface area (Å²) in [5.74, 6) is -0.103. The summed E-state index contributed by atoms with van der Waals surface area (Å²) in [6.45, 7) is 4.46. The number of ether oxygens (including phenoxy) is 1. The highest BCUT2D eigenvalue weighted by Gasteiger charge is 2.27. The molecule has 0 spiro atoms. The van der Waals surface area contributed by atoms with Gasteiger partial charge in [0.2, 0.25) is 21.8 Å². The smallest absolute Gasteiger partial charge is 0.242 e. The molecule has 0 aliphatic carbocycles. The van der Waals surface area contributed by atoms with Gasteiger partial charge in [0, 0.05) is 31.1 Å². The summed E-state index contributed by atoms with van der Waals surface area (Å²) in [5, 5.41) is 3.65. The fourth-order valence-electron chi connectivity index (χ4n) is 3.74. The van der Waals surface area contributed by atoms with Crippen LogP contribution in [0.4, 0.5) is 5.69 Å². The Morgan fingerprint density at radius 1 is 1.08 bits per heavy atom. The van der Waals surface area contributed by atoms with Crippen LogP contribution in [0.25, 0.3) is 0 Å². The van der Waals surface area contributed by atoms with Crippen molar-refractivity contribution in [3.63, 3.8) is 0 Å². The van der Waals surface area contributed by atoms with Gasteiger partial charge < -0.3 is 15.0 Å². The lowest BCUT2D eigenvalue weighted by atomic mass is 10.1. The molecule has 0 saturated carbocycles. The Kier molecular flexibility index (Phi) is 12.0. The molecule has 0 unspecified atom stereocenters. The maximum atomic E-state index is 13.3. The second kappa shape index (κ2) is 14.4. The number of methoxy groups -OCH3 is 1. The lowest BCUT2D eigenvalue weighted by molar-refractivity contribution is -0.140. The normalized spacial score (nSPS) is 12.1. The highest BCUT2D eigenvalue weighted by atomic mass is 35.5. The van der Waals surface area contributed by atoms with Crippen LogP contribution in [0.15, 0.2) is 42.5 Å². The van der Waals surface area contributed by atoms with Gasteiger partial charge in [-0.3, -0.25) is 13.9 Å². The number of unbranched alkanes of at least 4 members (excludes halogenated alkanes) is 1. The van der Waals surface area contributed by atoms with Gasteiger partial charge in [-0.2, -0.15) is 0 Å². The first-order chi connectivity index (χ1) is 17.5. The van der Waals surface area contributed by atoms with Gasteiger partial charge in [0.15, 0.2) is 0 Å². The number of carbonyl (C=O) groups is 2. The van der Waals surface area contributed by atoms with Crippen molar-refractivity contribution in [1.29, 1.82) is 0 Å². The van der Waals surface area contributed by atoms with Crippen LogP contribution in [0, 0.1) is 0 Å². The lowest BCUT2D eigenvalue weighted by Gasteiger charge is -2.29. The second-order valence-electron chi connectivity index (χ2n) is 8.69. The molecule has 0 aromatic heterocycles. The molecule has 1 N–H and O–H groups in total. The predicted octanol–water partition coefficient (Wildman–Crippen LogP) is 4.88. The Balaban J connectivity index is 2.18. The Bertz CT molecular complexity index is 1180. The van der Waals surface area contributed by atoms with E-state index in [2.05, 4.69) is 5.32 Å². The zero-order valence-electron chi connectivity index (χ0n) is 21.7. The van der Waals surface area contributed by atoms with Crippen molar-refractivity contribution in [2.75, 3.05) is 30.8 Å². The summed E-state index contributed by atoms with van der Waals surface area (Å²) in [5.41, 5.74) is 1.09. The fraction of sp³-hybridized carbons (Fsp3) is 0.462. The minimum absolute atomic E-state index is 0.0347. The van der Waals surface area contributed by atoms with Crippen molar-refractivity contribution in [3.8, 4) is 5.75 Å². The van der Waals surface area contributed by atoms with Crippen molar-refractivity contribution in [3.05, 3.63) is 58.1 Å². The van der Waals surface area contributed by atoms with Gasteiger partial charge >= 0.3 is 0 Å². The van der Waals surface area contributed by atoms with Crippen molar-refractivity contribution in [2.45, 2.75) is 52.1 Å². The molecule has 204 valence electrons. The number of sulfonamides is 1. The monoisotopic (exact) mass is 571 g/mol. The van der Waals surface area contributed by atoms with Crippen LogP contribution in [-0.4, -0.2) is 57.6 Å². The molecule has 0 saturated heterocycles. The third-order valence-corrected chi connectivity index (χ3v) is 7.73. The second-order valence-corrected chi connectivity index (χ2v) is 11.4. The zero-order valence-corrected chi connectivity index (χ0v) is 24.0. The van der Waals surface area contributed by atoms with E-state index in [0.717, 1.165) is 24.7 Å². The summed E-state index contributed by atoms with van der Waals surface area (Å²) in [7, 11) is -2.17. The van der Waals surface area contributed by atoms with E-state index in [1.165, 1.54) is 22.4 Å². The minimum Gasteiger partial charge on any atom is -0.495 e. The van der Waals surface area contributed by atoms with Gasteiger partial charge in [0.25, 0.3) is 0 Å². The average Bonchev–Trinajstić information content (AvgIpc) is 2.85. The summed E-state index contributed by atoms with van der Waals surface area (Å²) in [6, 6.07) is 11.1. The molecule has 0 heterocycles. The Morgan fingerprint density at radius 3 is 2.38 bits per heavy atom. The molecule has 8 nitrogen and oxygen atoms in total. The SMILES string of the molecule is CCCCNC(=O)[C@@H](C)N(Cc1ccccc1Cl)C(=O)CCCN(c1ccc(OC)c(Cl)c1)S(C)(=O)=O. The zero-order chi connectivity index (χ0) is 27.6. The molecule has 0 radical (unpaired) electrons. The number of nitrogens with zero attached hydrogens (tertiary/aromatic N) is 2. The number of nitrogens with one attached hydrogen (secondary N) is 1. The van der Waals surface area contributed by atoms with Gasteiger partial charge in [-0.1, -0.05) is 54.7 Å². The fourth-order valence-corrected chi connectivity index (χ4v) is 5.15. The largest absolute Gasteiger partial charge is 0.495 e. The van der Waals surface area contributed by atoms with Crippen LogP contribution >= 0.6 is 23.2 Å². The van der Waals surface area contributed by atoms with Crippen LogP contribution in [-0.2, 0) is 26.2 Å². The maximum Gasteiger partial charge on any atom is 0.242 e. The van der Waals surface area contributed by atoms with Crippen LogP contribution in [0.2, 0.25) is 10.0 Å². The van der Waals surface area contributed by atoms with E-state index in [9.17, 15) is 18.0 Å². The number of rotatable bonds is 14. The van der Waals surface area contributed by atoms with Crippen LogP contribution in [0.3, 0.4) is 0 Å². The molecule has 11 heteroatoms. The highest BCUT2D eigenvalue weighted by molar-refractivity contribution is 7.92. The van der Waals surface area contributed by atoms with Gasteiger partial charge in [-0.25, -0.2) is 8.42 Å². The van der Waals surface area contributed by atoms with Crippen molar-refractivity contribution >= 4 is 50.7 Å². The molecule has 2 aromatic carbocycles.